The highest BCUT2D eigenvalue weighted by Gasteiger charge is 2.13. The lowest BCUT2D eigenvalue weighted by Gasteiger charge is -2.05. The van der Waals surface area contributed by atoms with Gasteiger partial charge in [-0.2, -0.15) is 0 Å². The van der Waals surface area contributed by atoms with Crippen LogP contribution in [0.4, 0.5) is 11.6 Å². The van der Waals surface area contributed by atoms with E-state index in [-0.39, 0.29) is 12.4 Å². The van der Waals surface area contributed by atoms with Crippen LogP contribution in [0.2, 0.25) is 0 Å². The summed E-state index contributed by atoms with van der Waals surface area (Å²) in [7, 11) is 0. The number of fused-ring (bicyclic) bond motifs is 1. The van der Waals surface area contributed by atoms with Gasteiger partial charge in [0.15, 0.2) is 11.5 Å². The van der Waals surface area contributed by atoms with E-state index in [1.807, 2.05) is 0 Å². The quantitative estimate of drug-likeness (QED) is 0.865. The van der Waals surface area contributed by atoms with Crippen LogP contribution in [-0.4, -0.2) is 27.8 Å². The molecule has 1 aliphatic heterocycles. The van der Waals surface area contributed by atoms with Crippen LogP contribution in [0.3, 0.4) is 0 Å². The minimum Gasteiger partial charge on any atom is -0.478 e. The summed E-state index contributed by atoms with van der Waals surface area (Å²) in [5.74, 6) is 0.582. The number of benzene rings is 1. The van der Waals surface area contributed by atoms with Crippen LogP contribution in [0.15, 0.2) is 30.6 Å². The van der Waals surface area contributed by atoms with Crippen LogP contribution in [0.5, 0.6) is 11.5 Å². The first-order chi connectivity index (χ1) is 9.22. The smallest absolute Gasteiger partial charge is 0.338 e. The van der Waals surface area contributed by atoms with E-state index in [4.69, 9.17) is 14.6 Å². The number of anilines is 2. The van der Waals surface area contributed by atoms with Gasteiger partial charge in [0.2, 0.25) is 12.7 Å². The van der Waals surface area contributed by atoms with Gasteiger partial charge < -0.3 is 19.9 Å². The van der Waals surface area contributed by atoms with E-state index >= 15 is 0 Å². The molecule has 1 aromatic carbocycles. The Kier molecular flexibility index (Phi) is 2.64. The van der Waals surface area contributed by atoms with Gasteiger partial charge in [0, 0.05) is 24.1 Å². The number of aromatic nitrogens is 2. The third-order valence-electron chi connectivity index (χ3n) is 2.53. The van der Waals surface area contributed by atoms with Crippen molar-refractivity contribution in [3.05, 3.63) is 36.2 Å². The molecule has 0 atom stereocenters. The van der Waals surface area contributed by atoms with Gasteiger partial charge in [-0.1, -0.05) is 0 Å². The zero-order chi connectivity index (χ0) is 13.2. The Morgan fingerprint density at radius 1 is 1.21 bits per heavy atom. The Morgan fingerprint density at radius 2 is 1.95 bits per heavy atom. The van der Waals surface area contributed by atoms with Crippen molar-refractivity contribution in [3.63, 3.8) is 0 Å². The van der Waals surface area contributed by atoms with Gasteiger partial charge in [0.25, 0.3) is 0 Å². The van der Waals surface area contributed by atoms with Crippen molar-refractivity contribution >= 4 is 17.6 Å². The second-order valence-electron chi connectivity index (χ2n) is 3.79. The van der Waals surface area contributed by atoms with Crippen LogP contribution < -0.4 is 14.8 Å². The molecule has 0 unspecified atom stereocenters. The molecule has 0 amide bonds. The topological polar surface area (TPSA) is 93.6 Å². The lowest BCUT2D eigenvalue weighted by molar-refractivity contribution is 0.0696. The van der Waals surface area contributed by atoms with Gasteiger partial charge in [0.05, 0.1) is 5.56 Å². The number of nitrogens with zero attached hydrogens (tertiary/aromatic N) is 2. The van der Waals surface area contributed by atoms with Crippen LogP contribution in [-0.2, 0) is 0 Å². The molecule has 1 aliphatic rings. The first-order valence-corrected chi connectivity index (χ1v) is 5.44. The van der Waals surface area contributed by atoms with E-state index in [1.165, 1.54) is 12.4 Å². The van der Waals surface area contributed by atoms with E-state index < -0.39 is 5.97 Å². The van der Waals surface area contributed by atoms with Crippen molar-refractivity contribution < 1.29 is 19.4 Å². The second-order valence-corrected chi connectivity index (χ2v) is 3.79. The highest BCUT2D eigenvalue weighted by molar-refractivity contribution is 5.86. The number of hydrogen-bond donors (Lipinski definition) is 2. The van der Waals surface area contributed by atoms with E-state index in [1.54, 1.807) is 18.2 Å². The molecule has 2 N–H and O–H groups in total. The SMILES string of the molecule is O=C(O)c1cnc(Nc2ccc3c(c2)OCO3)nc1. The van der Waals surface area contributed by atoms with E-state index in [9.17, 15) is 4.79 Å². The molecule has 96 valence electrons. The summed E-state index contributed by atoms with van der Waals surface area (Å²) in [5.41, 5.74) is 0.767. The zero-order valence-electron chi connectivity index (χ0n) is 9.66. The van der Waals surface area contributed by atoms with Crippen LogP contribution >= 0.6 is 0 Å². The highest BCUT2D eigenvalue weighted by Crippen LogP contribution is 2.34. The summed E-state index contributed by atoms with van der Waals surface area (Å²) in [6.45, 7) is 0.211. The number of carbonyl (C=O) groups is 1. The minimum absolute atomic E-state index is 0.0382. The van der Waals surface area contributed by atoms with Crippen LogP contribution in [0, 0.1) is 0 Å². The first kappa shape index (κ1) is 11.3. The van der Waals surface area contributed by atoms with Gasteiger partial charge in [-0.25, -0.2) is 14.8 Å². The number of carboxylic acid groups (broad SMARTS) is 1. The molecular weight excluding hydrogens is 250 g/mol. The molecule has 2 heterocycles. The predicted molar refractivity (Wildman–Crippen MR) is 64.8 cm³/mol. The average Bonchev–Trinajstić information content (AvgIpc) is 2.87. The largest absolute Gasteiger partial charge is 0.478 e. The molecule has 2 aromatic rings. The standard InChI is InChI=1S/C12H9N3O4/c16-11(17)7-4-13-12(14-5-7)15-8-1-2-9-10(3-8)19-6-18-9/h1-5H,6H2,(H,16,17)(H,13,14,15). The molecule has 0 spiro atoms. The Bertz CT molecular complexity index is 627. The Morgan fingerprint density at radius 3 is 2.68 bits per heavy atom. The summed E-state index contributed by atoms with van der Waals surface area (Å²) in [6, 6.07) is 5.33. The van der Waals surface area contributed by atoms with Gasteiger partial charge in [-0.15, -0.1) is 0 Å². The summed E-state index contributed by atoms with van der Waals surface area (Å²) >= 11 is 0. The van der Waals surface area contributed by atoms with E-state index in [0.717, 1.165) is 5.69 Å². The van der Waals surface area contributed by atoms with Crippen molar-refractivity contribution in [1.82, 2.24) is 9.97 Å². The van der Waals surface area contributed by atoms with Crippen LogP contribution in [0.1, 0.15) is 10.4 Å². The summed E-state index contributed by atoms with van der Waals surface area (Å²) in [4.78, 5) is 18.5. The fraction of sp³-hybridized carbons (Fsp3) is 0.0833. The van der Waals surface area contributed by atoms with Crippen molar-refractivity contribution in [1.29, 1.82) is 0 Å². The molecule has 19 heavy (non-hydrogen) atoms. The predicted octanol–water partition coefficient (Wildman–Crippen LogP) is 1.65. The normalized spacial score (nSPS) is 12.2. The maximum Gasteiger partial charge on any atom is 0.338 e. The number of rotatable bonds is 3. The maximum absolute atomic E-state index is 10.7. The Balaban J connectivity index is 1.79. The second kappa shape index (κ2) is 4.45. The van der Waals surface area contributed by atoms with Gasteiger partial charge >= 0.3 is 5.97 Å². The van der Waals surface area contributed by atoms with Crippen molar-refractivity contribution in [3.8, 4) is 11.5 Å². The lowest BCUT2D eigenvalue weighted by Crippen LogP contribution is -2.01. The molecule has 3 rings (SSSR count). The Labute approximate surface area is 107 Å². The van der Waals surface area contributed by atoms with E-state index in [0.29, 0.717) is 17.4 Å². The van der Waals surface area contributed by atoms with Gasteiger partial charge in [0.1, 0.15) is 0 Å². The monoisotopic (exact) mass is 259 g/mol. The minimum atomic E-state index is -1.06. The highest BCUT2D eigenvalue weighted by atomic mass is 16.7. The molecule has 0 fully saturated rings. The first-order valence-electron chi connectivity index (χ1n) is 5.44. The summed E-state index contributed by atoms with van der Waals surface area (Å²) in [6.07, 6.45) is 2.48. The molecular formula is C12H9N3O4. The van der Waals surface area contributed by atoms with Gasteiger partial charge in [-0.3, -0.25) is 0 Å². The molecule has 0 aliphatic carbocycles. The lowest BCUT2D eigenvalue weighted by atomic mass is 10.3. The van der Waals surface area contributed by atoms with Crippen molar-refractivity contribution in [2.75, 3.05) is 12.1 Å². The molecule has 7 nitrogen and oxygen atoms in total. The maximum atomic E-state index is 10.7. The fourth-order valence-electron chi connectivity index (χ4n) is 1.61. The van der Waals surface area contributed by atoms with Crippen molar-refractivity contribution in [2.45, 2.75) is 0 Å². The number of aromatic carboxylic acids is 1. The zero-order valence-corrected chi connectivity index (χ0v) is 9.66. The molecule has 0 bridgehead atoms. The molecule has 1 aromatic heterocycles. The molecule has 0 saturated carbocycles. The summed E-state index contributed by atoms with van der Waals surface area (Å²) < 4.78 is 10.4. The fourth-order valence-corrected chi connectivity index (χ4v) is 1.61. The third kappa shape index (κ3) is 2.25. The average molecular weight is 259 g/mol. The number of hydrogen-bond acceptors (Lipinski definition) is 6. The Hall–Kier alpha value is -2.83. The number of ether oxygens (including phenoxy) is 2. The summed E-state index contributed by atoms with van der Waals surface area (Å²) in [5, 5.41) is 11.7. The van der Waals surface area contributed by atoms with Crippen LogP contribution in [0.25, 0.3) is 0 Å². The van der Waals surface area contributed by atoms with Crippen molar-refractivity contribution in [2.24, 2.45) is 0 Å². The van der Waals surface area contributed by atoms with Gasteiger partial charge in [-0.05, 0) is 12.1 Å². The molecule has 7 heteroatoms. The number of nitrogens with one attached hydrogen (secondary N) is 1. The number of carboxylic acids is 1. The third-order valence-corrected chi connectivity index (χ3v) is 2.53. The molecule has 0 saturated heterocycles. The molecule has 0 radical (unpaired) electrons. The van der Waals surface area contributed by atoms with E-state index in [2.05, 4.69) is 15.3 Å².